The van der Waals surface area contributed by atoms with E-state index < -0.39 is 47.1 Å². The van der Waals surface area contributed by atoms with E-state index in [1.54, 1.807) is 0 Å². The van der Waals surface area contributed by atoms with Crippen molar-refractivity contribution >= 4 is 11.9 Å². The molecule has 0 saturated heterocycles. The maximum Gasteiger partial charge on any atom is 0.377 e. The second-order valence-electron chi connectivity index (χ2n) is 4.33. The normalized spacial score (nSPS) is 15.2. The van der Waals surface area contributed by atoms with Gasteiger partial charge in [0.05, 0.1) is 0 Å². The molecule has 0 aliphatic rings. The van der Waals surface area contributed by atoms with Crippen molar-refractivity contribution in [3.05, 3.63) is 35.4 Å². The number of carbonyl (C=O) groups is 2. The van der Waals surface area contributed by atoms with Crippen LogP contribution in [0.5, 0.6) is 0 Å². The number of aliphatic carboxylic acids is 2. The van der Waals surface area contributed by atoms with E-state index in [9.17, 15) is 37.4 Å². The molecule has 6 nitrogen and oxygen atoms in total. The topological polar surface area (TPSA) is 115 Å². The van der Waals surface area contributed by atoms with Crippen molar-refractivity contribution in [3.8, 4) is 0 Å². The summed E-state index contributed by atoms with van der Waals surface area (Å²) in [5.74, 6) is -14.2. The minimum atomic E-state index is -4.51. The molecule has 0 aliphatic carbocycles. The second-order valence-corrected chi connectivity index (χ2v) is 4.33. The Balaban J connectivity index is 3.06. The first-order valence-electron chi connectivity index (χ1n) is 5.60. The predicted octanol–water partition coefficient (Wildman–Crippen LogP) is 1.19. The smallest absolute Gasteiger partial charge is 0.377 e. The number of aliphatic hydroxyl groups excluding tert-OH is 2. The maximum atomic E-state index is 13.1. The van der Waals surface area contributed by atoms with Crippen LogP contribution in [0.1, 0.15) is 23.3 Å². The van der Waals surface area contributed by atoms with Crippen LogP contribution < -0.4 is 0 Å². The van der Waals surface area contributed by atoms with Crippen LogP contribution in [-0.2, 0) is 9.59 Å². The Hall–Kier alpha value is -2.20. The van der Waals surface area contributed by atoms with Crippen LogP contribution in [0.15, 0.2) is 24.3 Å². The van der Waals surface area contributed by atoms with E-state index in [-0.39, 0.29) is 0 Å². The van der Waals surface area contributed by atoms with E-state index >= 15 is 0 Å². The average Bonchev–Trinajstić information content (AvgIpc) is 2.45. The Kier molecular flexibility index (Phi) is 4.78. The van der Waals surface area contributed by atoms with Crippen LogP contribution in [0.3, 0.4) is 0 Å². The fourth-order valence-corrected chi connectivity index (χ4v) is 1.51. The number of carboxylic acids is 2. The number of benzene rings is 1. The molecule has 1 aromatic rings. The molecule has 0 aliphatic heterocycles. The number of aliphatic hydroxyl groups is 2. The molecular weight excluding hydrogens is 316 g/mol. The molecule has 0 bridgehead atoms. The Morgan fingerprint density at radius 3 is 1.18 bits per heavy atom. The summed E-state index contributed by atoms with van der Waals surface area (Å²) in [7, 11) is 0. The molecule has 0 saturated carbocycles. The Morgan fingerprint density at radius 2 is 1.00 bits per heavy atom. The van der Waals surface area contributed by atoms with E-state index in [2.05, 4.69) is 0 Å². The largest absolute Gasteiger partial charge is 0.477 e. The van der Waals surface area contributed by atoms with E-state index in [0.29, 0.717) is 24.3 Å². The van der Waals surface area contributed by atoms with Crippen LogP contribution in [0.25, 0.3) is 0 Å². The van der Waals surface area contributed by atoms with Crippen molar-refractivity contribution in [2.24, 2.45) is 0 Å². The standard InChI is InChI=1S/C12H10F4O6/c13-11(14,9(19)20)7(17)5-1-2-6(4-3-5)8(18)12(15,16)10(21)22/h1-4,7-8,17-18H,(H,19,20)(H,21,22). The average molecular weight is 326 g/mol. The monoisotopic (exact) mass is 326 g/mol. The zero-order chi connectivity index (χ0) is 17.3. The second kappa shape index (κ2) is 5.89. The Morgan fingerprint density at radius 1 is 0.773 bits per heavy atom. The minimum Gasteiger partial charge on any atom is -0.477 e. The number of rotatable bonds is 6. The maximum absolute atomic E-state index is 13.1. The van der Waals surface area contributed by atoms with Gasteiger partial charge in [0.2, 0.25) is 0 Å². The highest BCUT2D eigenvalue weighted by Crippen LogP contribution is 2.35. The zero-order valence-corrected chi connectivity index (χ0v) is 10.6. The van der Waals surface area contributed by atoms with Crippen molar-refractivity contribution in [1.82, 2.24) is 0 Å². The molecule has 22 heavy (non-hydrogen) atoms. The molecule has 0 heterocycles. The molecule has 0 amide bonds. The van der Waals surface area contributed by atoms with Gasteiger partial charge in [0.1, 0.15) is 0 Å². The van der Waals surface area contributed by atoms with Gasteiger partial charge in [-0.15, -0.1) is 0 Å². The van der Waals surface area contributed by atoms with Gasteiger partial charge < -0.3 is 20.4 Å². The Bertz CT molecular complexity index is 520. The third kappa shape index (κ3) is 3.17. The molecule has 1 aromatic carbocycles. The number of carboxylic acid groups (broad SMARTS) is 2. The lowest BCUT2D eigenvalue weighted by Crippen LogP contribution is -2.36. The molecule has 2 atom stereocenters. The lowest BCUT2D eigenvalue weighted by atomic mass is 9.98. The van der Waals surface area contributed by atoms with Crippen LogP contribution in [0.4, 0.5) is 17.6 Å². The summed E-state index contributed by atoms with van der Waals surface area (Å²) < 4.78 is 52.3. The third-order valence-electron chi connectivity index (χ3n) is 2.83. The summed E-state index contributed by atoms with van der Waals surface area (Å²) >= 11 is 0. The molecular formula is C12H10F4O6. The van der Waals surface area contributed by atoms with Crippen molar-refractivity contribution in [3.63, 3.8) is 0 Å². The van der Waals surface area contributed by atoms with Crippen LogP contribution in [0.2, 0.25) is 0 Å². The number of hydrogen-bond donors (Lipinski definition) is 4. The zero-order valence-electron chi connectivity index (χ0n) is 10.6. The van der Waals surface area contributed by atoms with E-state index in [1.165, 1.54) is 0 Å². The summed E-state index contributed by atoms with van der Waals surface area (Å²) in [6.07, 6.45) is -5.48. The SMILES string of the molecule is O=C(O)C(F)(F)C(O)c1ccc(C(O)C(F)(F)C(=O)O)cc1. The first kappa shape index (κ1) is 17.9. The minimum absolute atomic E-state index is 0.609. The highest BCUT2D eigenvalue weighted by Gasteiger charge is 2.49. The van der Waals surface area contributed by atoms with Crippen LogP contribution >= 0.6 is 0 Å². The highest BCUT2D eigenvalue weighted by molar-refractivity contribution is 5.77. The number of alkyl halides is 4. The highest BCUT2D eigenvalue weighted by atomic mass is 19.3. The summed E-state index contributed by atoms with van der Waals surface area (Å²) in [5, 5.41) is 35.1. The molecule has 0 aromatic heterocycles. The van der Waals surface area contributed by atoms with Crippen molar-refractivity contribution in [2.45, 2.75) is 24.1 Å². The molecule has 2 unspecified atom stereocenters. The summed E-state index contributed by atoms with van der Waals surface area (Å²) in [5.41, 5.74) is -1.22. The number of halogens is 4. The van der Waals surface area contributed by atoms with Gasteiger partial charge in [0.25, 0.3) is 0 Å². The van der Waals surface area contributed by atoms with Crippen LogP contribution in [-0.4, -0.2) is 44.2 Å². The van der Waals surface area contributed by atoms with E-state index in [0.717, 1.165) is 0 Å². The molecule has 10 heteroatoms. The van der Waals surface area contributed by atoms with Crippen molar-refractivity contribution in [2.75, 3.05) is 0 Å². The van der Waals surface area contributed by atoms with Gasteiger partial charge in [0, 0.05) is 0 Å². The van der Waals surface area contributed by atoms with Crippen LogP contribution in [0, 0.1) is 0 Å². The number of hydrogen-bond acceptors (Lipinski definition) is 4. The molecule has 0 spiro atoms. The summed E-state index contributed by atoms with van der Waals surface area (Å²) in [6, 6.07) is 2.71. The first-order chi connectivity index (χ1) is 9.92. The summed E-state index contributed by atoms with van der Waals surface area (Å²) in [6.45, 7) is 0. The predicted molar refractivity (Wildman–Crippen MR) is 61.5 cm³/mol. The van der Waals surface area contributed by atoms with Crippen molar-refractivity contribution in [1.29, 1.82) is 0 Å². The van der Waals surface area contributed by atoms with Gasteiger partial charge >= 0.3 is 23.8 Å². The fraction of sp³-hybridized carbons (Fsp3) is 0.333. The van der Waals surface area contributed by atoms with Gasteiger partial charge in [-0.2, -0.15) is 17.6 Å². The van der Waals surface area contributed by atoms with Gasteiger partial charge in [-0.1, -0.05) is 24.3 Å². The van der Waals surface area contributed by atoms with Gasteiger partial charge in [0.15, 0.2) is 12.2 Å². The quantitative estimate of drug-likeness (QED) is 0.584. The Labute approximate surface area is 120 Å². The fourth-order valence-electron chi connectivity index (χ4n) is 1.51. The van der Waals surface area contributed by atoms with Gasteiger partial charge in [-0.3, -0.25) is 0 Å². The lowest BCUT2D eigenvalue weighted by Gasteiger charge is -2.21. The molecule has 0 radical (unpaired) electrons. The van der Waals surface area contributed by atoms with Gasteiger partial charge in [-0.25, -0.2) is 9.59 Å². The first-order valence-corrected chi connectivity index (χ1v) is 5.60. The molecule has 0 fully saturated rings. The summed E-state index contributed by atoms with van der Waals surface area (Å²) in [4.78, 5) is 20.6. The van der Waals surface area contributed by atoms with Gasteiger partial charge in [-0.05, 0) is 11.1 Å². The van der Waals surface area contributed by atoms with E-state index in [4.69, 9.17) is 10.2 Å². The van der Waals surface area contributed by atoms with E-state index in [1.807, 2.05) is 0 Å². The third-order valence-corrected chi connectivity index (χ3v) is 2.83. The molecule has 4 N–H and O–H groups in total. The lowest BCUT2D eigenvalue weighted by molar-refractivity contribution is -0.183. The molecule has 1 rings (SSSR count). The molecule has 122 valence electrons. The van der Waals surface area contributed by atoms with Crippen molar-refractivity contribution < 1.29 is 47.6 Å².